The molecule has 3 heterocycles. The Morgan fingerprint density at radius 3 is 1.78 bits per heavy atom. The summed E-state index contributed by atoms with van der Waals surface area (Å²) in [6.07, 6.45) is 0. The van der Waals surface area contributed by atoms with Crippen LogP contribution in [0.15, 0.2) is 182 Å². The second-order valence-electron chi connectivity index (χ2n) is 12.7. The Bertz CT molecular complexity index is 2800. The van der Waals surface area contributed by atoms with Crippen molar-refractivity contribution in [2.75, 3.05) is 4.90 Å². The molecule has 4 heteroatoms. The summed E-state index contributed by atoms with van der Waals surface area (Å²) in [5.41, 5.74) is 9.96. The number of pyridine rings is 1. The van der Waals surface area contributed by atoms with Crippen molar-refractivity contribution in [1.82, 2.24) is 4.98 Å². The van der Waals surface area contributed by atoms with Crippen molar-refractivity contribution in [3.05, 3.63) is 182 Å². The first kappa shape index (κ1) is 29.8. The van der Waals surface area contributed by atoms with Crippen molar-refractivity contribution in [3.63, 3.8) is 0 Å². The van der Waals surface area contributed by atoms with Crippen LogP contribution >= 0.6 is 22.7 Å². The van der Waals surface area contributed by atoms with E-state index in [4.69, 9.17) is 4.98 Å². The van der Waals surface area contributed by atoms with Crippen LogP contribution in [0.1, 0.15) is 0 Å². The Kier molecular flexibility index (Phi) is 7.23. The van der Waals surface area contributed by atoms with Gasteiger partial charge in [0.15, 0.2) is 0 Å². The summed E-state index contributed by atoms with van der Waals surface area (Å²) in [7, 11) is 0. The van der Waals surface area contributed by atoms with Gasteiger partial charge in [-0.2, -0.15) is 0 Å². The first-order valence-electron chi connectivity index (χ1n) is 17.1. The fourth-order valence-electron chi connectivity index (χ4n) is 7.28. The van der Waals surface area contributed by atoms with Gasteiger partial charge in [0.2, 0.25) is 0 Å². The van der Waals surface area contributed by atoms with Crippen LogP contribution in [0.2, 0.25) is 0 Å². The number of fused-ring (bicyclic) bond motifs is 6. The molecule has 51 heavy (non-hydrogen) atoms. The van der Waals surface area contributed by atoms with E-state index in [1.54, 1.807) is 0 Å². The molecule has 3 aromatic heterocycles. The van der Waals surface area contributed by atoms with E-state index in [1.807, 2.05) is 22.7 Å². The molecule has 0 N–H and O–H groups in total. The maximum Gasteiger partial charge on any atom is 0.0715 e. The number of anilines is 3. The summed E-state index contributed by atoms with van der Waals surface area (Å²) >= 11 is 3.72. The summed E-state index contributed by atoms with van der Waals surface area (Å²) in [6.45, 7) is 0. The molecule has 10 aromatic rings. The van der Waals surface area contributed by atoms with Crippen LogP contribution in [0, 0.1) is 0 Å². The van der Waals surface area contributed by atoms with Crippen LogP contribution in [0.25, 0.3) is 74.0 Å². The molecule has 0 bridgehead atoms. The monoisotopic (exact) mass is 686 g/mol. The lowest BCUT2D eigenvalue weighted by Crippen LogP contribution is -2.10. The van der Waals surface area contributed by atoms with Crippen LogP contribution in [-0.2, 0) is 0 Å². The molecule has 7 aromatic carbocycles. The average molecular weight is 687 g/mol. The van der Waals surface area contributed by atoms with Gasteiger partial charge in [-0.1, -0.05) is 121 Å². The van der Waals surface area contributed by atoms with E-state index in [0.717, 1.165) is 33.8 Å². The van der Waals surface area contributed by atoms with Gasteiger partial charge in [0.25, 0.3) is 0 Å². The predicted molar refractivity (Wildman–Crippen MR) is 221 cm³/mol. The Labute approximate surface area is 304 Å². The van der Waals surface area contributed by atoms with Crippen LogP contribution < -0.4 is 4.90 Å². The molecule has 0 aliphatic heterocycles. The second kappa shape index (κ2) is 12.4. The van der Waals surface area contributed by atoms with Gasteiger partial charge < -0.3 is 4.90 Å². The number of rotatable bonds is 6. The van der Waals surface area contributed by atoms with Gasteiger partial charge in [-0.3, -0.25) is 0 Å². The minimum Gasteiger partial charge on any atom is -0.308 e. The van der Waals surface area contributed by atoms with Gasteiger partial charge in [-0.15, -0.1) is 22.7 Å². The molecule has 0 radical (unpaired) electrons. The van der Waals surface area contributed by atoms with Crippen molar-refractivity contribution in [1.29, 1.82) is 0 Å². The SMILES string of the molecule is c1ccc(-c2cc(-c3ccccc3)nc(-c3ccc4sc5cccc(N(c6ccccc6)c6cccc7c6sc6ccccc67)c5c4c3)c2)cc1. The van der Waals surface area contributed by atoms with E-state index in [1.165, 1.54) is 57.3 Å². The molecule has 0 amide bonds. The molecule has 0 fully saturated rings. The predicted octanol–water partition coefficient (Wildman–Crippen LogP) is 14.3. The Morgan fingerprint density at radius 1 is 0.373 bits per heavy atom. The molecular weight excluding hydrogens is 657 g/mol. The van der Waals surface area contributed by atoms with Gasteiger partial charge in [0, 0.05) is 52.5 Å². The van der Waals surface area contributed by atoms with E-state index < -0.39 is 0 Å². The lowest BCUT2D eigenvalue weighted by molar-refractivity contribution is 1.32. The molecule has 0 spiro atoms. The lowest BCUT2D eigenvalue weighted by Gasteiger charge is -2.27. The number of aromatic nitrogens is 1. The highest BCUT2D eigenvalue weighted by atomic mass is 32.1. The fraction of sp³-hybridized carbons (Fsp3) is 0. The van der Waals surface area contributed by atoms with Gasteiger partial charge in [-0.05, 0) is 71.8 Å². The molecule has 0 aliphatic rings. The molecule has 10 rings (SSSR count). The topological polar surface area (TPSA) is 16.1 Å². The average Bonchev–Trinajstić information content (AvgIpc) is 3.78. The van der Waals surface area contributed by atoms with E-state index in [0.29, 0.717) is 0 Å². The smallest absolute Gasteiger partial charge is 0.0715 e. The van der Waals surface area contributed by atoms with E-state index in [-0.39, 0.29) is 0 Å². The summed E-state index contributed by atoms with van der Waals surface area (Å²) in [5, 5.41) is 5.08. The maximum atomic E-state index is 5.27. The highest BCUT2D eigenvalue weighted by Gasteiger charge is 2.22. The van der Waals surface area contributed by atoms with Crippen molar-refractivity contribution in [2.24, 2.45) is 0 Å². The second-order valence-corrected chi connectivity index (χ2v) is 14.9. The van der Waals surface area contributed by atoms with Crippen molar-refractivity contribution >= 4 is 80.1 Å². The minimum absolute atomic E-state index is 0.962. The van der Waals surface area contributed by atoms with Gasteiger partial charge >= 0.3 is 0 Å². The number of thiophene rings is 2. The minimum atomic E-state index is 0.962. The van der Waals surface area contributed by atoms with Gasteiger partial charge in [-0.25, -0.2) is 4.98 Å². The summed E-state index contributed by atoms with van der Waals surface area (Å²) in [6, 6.07) is 65.4. The molecule has 240 valence electrons. The normalized spacial score (nSPS) is 11.5. The number of nitrogens with zero attached hydrogens (tertiary/aromatic N) is 2. The van der Waals surface area contributed by atoms with E-state index >= 15 is 0 Å². The first-order chi connectivity index (χ1) is 25.3. The molecule has 0 saturated heterocycles. The van der Waals surface area contributed by atoms with E-state index in [2.05, 4.69) is 187 Å². The molecule has 0 unspecified atom stereocenters. The summed E-state index contributed by atoms with van der Waals surface area (Å²) < 4.78 is 5.11. The lowest BCUT2D eigenvalue weighted by atomic mass is 9.99. The zero-order valence-electron chi connectivity index (χ0n) is 27.5. The van der Waals surface area contributed by atoms with Gasteiger partial charge in [0.1, 0.15) is 0 Å². The molecule has 0 atom stereocenters. The molecule has 0 aliphatic carbocycles. The third-order valence-corrected chi connectivity index (χ3v) is 12.0. The highest BCUT2D eigenvalue weighted by Crippen LogP contribution is 2.49. The van der Waals surface area contributed by atoms with Crippen LogP contribution in [0.4, 0.5) is 17.1 Å². The molecule has 2 nitrogen and oxygen atoms in total. The van der Waals surface area contributed by atoms with Crippen LogP contribution in [-0.4, -0.2) is 4.98 Å². The summed E-state index contributed by atoms with van der Waals surface area (Å²) in [5.74, 6) is 0. The maximum absolute atomic E-state index is 5.27. The number of hydrogen-bond acceptors (Lipinski definition) is 4. The number of benzene rings is 7. The van der Waals surface area contributed by atoms with E-state index in [9.17, 15) is 0 Å². The zero-order valence-corrected chi connectivity index (χ0v) is 29.2. The highest BCUT2D eigenvalue weighted by molar-refractivity contribution is 7.26. The van der Waals surface area contributed by atoms with Crippen molar-refractivity contribution < 1.29 is 0 Å². The quantitative estimate of drug-likeness (QED) is 0.173. The van der Waals surface area contributed by atoms with Crippen LogP contribution in [0.5, 0.6) is 0 Å². The Morgan fingerprint density at radius 2 is 0.980 bits per heavy atom. The third-order valence-electron chi connectivity index (χ3n) is 9.65. The van der Waals surface area contributed by atoms with Crippen molar-refractivity contribution in [2.45, 2.75) is 0 Å². The van der Waals surface area contributed by atoms with Crippen LogP contribution in [0.3, 0.4) is 0 Å². The Hall–Kier alpha value is -6.07. The fourth-order valence-corrected chi connectivity index (χ4v) is 9.59. The Balaban J connectivity index is 1.21. The van der Waals surface area contributed by atoms with Gasteiger partial charge in [0.05, 0.1) is 27.5 Å². The first-order valence-corrected chi connectivity index (χ1v) is 18.8. The number of hydrogen-bond donors (Lipinski definition) is 0. The largest absolute Gasteiger partial charge is 0.308 e. The number of para-hydroxylation sites is 1. The zero-order chi connectivity index (χ0) is 33.7. The summed E-state index contributed by atoms with van der Waals surface area (Å²) in [4.78, 5) is 7.73. The third kappa shape index (κ3) is 5.20. The standard InChI is InChI=1S/C47H30N2S2/c1-4-14-31(15-5-1)34-29-39(32-16-6-2-7-17-32)48-40(30-34)33-26-27-44-38(28-33)46-41(22-13-25-45(46)50-44)49(35-18-8-3-9-19-35)42-23-12-21-37-36-20-10-11-24-43(36)51-47(37)42/h1-30H. The molecule has 0 saturated carbocycles. The molecular formula is C47H30N2S2. The van der Waals surface area contributed by atoms with Crippen molar-refractivity contribution in [3.8, 4) is 33.6 Å².